The predicted octanol–water partition coefficient (Wildman–Crippen LogP) is 3.33. The molecule has 0 saturated heterocycles. The number of aryl methyl sites for hydroxylation is 2. The van der Waals surface area contributed by atoms with Crippen molar-refractivity contribution < 1.29 is 14.3 Å². The Balaban J connectivity index is 1.81. The number of halogens is 1. The summed E-state index contributed by atoms with van der Waals surface area (Å²) in [6.45, 7) is 3.76. The molecule has 5 heteroatoms. The van der Waals surface area contributed by atoms with Crippen molar-refractivity contribution in [3.63, 3.8) is 0 Å². The van der Waals surface area contributed by atoms with Crippen LogP contribution >= 0.6 is 11.6 Å². The first kappa shape index (κ1) is 17.0. The number of nitrogens with one attached hydrogen (secondary N) is 1. The Kier molecular flexibility index (Phi) is 5.77. The van der Waals surface area contributed by atoms with Crippen LogP contribution in [0.3, 0.4) is 0 Å². The van der Waals surface area contributed by atoms with Crippen molar-refractivity contribution in [2.75, 3.05) is 13.2 Å². The second-order valence-electron chi connectivity index (χ2n) is 5.24. The van der Waals surface area contributed by atoms with E-state index in [-0.39, 0.29) is 24.8 Å². The molecule has 2 aromatic rings. The fourth-order valence-electron chi connectivity index (χ4n) is 1.95. The Bertz CT molecular complexity index is 728. The number of hydrogen-bond acceptors (Lipinski definition) is 3. The van der Waals surface area contributed by atoms with Gasteiger partial charge in [-0.1, -0.05) is 29.8 Å². The smallest absolute Gasteiger partial charge is 0.258 e. The number of ketones is 1. The molecule has 120 valence electrons. The number of carbonyl (C=O) groups excluding carboxylic acids is 2. The van der Waals surface area contributed by atoms with Gasteiger partial charge in [0.25, 0.3) is 5.91 Å². The molecule has 0 saturated carbocycles. The molecule has 0 atom stereocenters. The van der Waals surface area contributed by atoms with E-state index in [1.165, 1.54) is 0 Å². The van der Waals surface area contributed by atoms with E-state index < -0.39 is 0 Å². The minimum Gasteiger partial charge on any atom is -0.484 e. The molecular weight excluding hydrogens is 314 g/mol. The van der Waals surface area contributed by atoms with Crippen molar-refractivity contribution in [3.05, 3.63) is 64.2 Å². The summed E-state index contributed by atoms with van der Waals surface area (Å²) >= 11 is 5.83. The van der Waals surface area contributed by atoms with Crippen LogP contribution in [0.25, 0.3) is 0 Å². The number of hydrogen-bond donors (Lipinski definition) is 1. The molecule has 0 fully saturated rings. The zero-order chi connectivity index (χ0) is 16.8. The van der Waals surface area contributed by atoms with Crippen molar-refractivity contribution in [2.24, 2.45) is 0 Å². The number of Topliss-reactive ketones (excluding diaryl/α,β-unsaturated/α-hetero) is 1. The maximum absolute atomic E-state index is 11.9. The lowest BCUT2D eigenvalue weighted by Crippen LogP contribution is -2.33. The first-order chi connectivity index (χ1) is 11.0. The van der Waals surface area contributed by atoms with Crippen LogP contribution in [0.15, 0.2) is 42.5 Å². The van der Waals surface area contributed by atoms with E-state index in [2.05, 4.69) is 5.32 Å². The minimum absolute atomic E-state index is 0.0878. The van der Waals surface area contributed by atoms with Crippen LogP contribution in [0.2, 0.25) is 5.02 Å². The second-order valence-corrected chi connectivity index (χ2v) is 5.68. The zero-order valence-electron chi connectivity index (χ0n) is 13.1. The van der Waals surface area contributed by atoms with Crippen LogP contribution < -0.4 is 10.1 Å². The third-order valence-electron chi connectivity index (χ3n) is 3.44. The van der Waals surface area contributed by atoms with Gasteiger partial charge in [0.1, 0.15) is 5.75 Å². The predicted molar refractivity (Wildman–Crippen MR) is 90.2 cm³/mol. The average Bonchev–Trinajstić information content (AvgIpc) is 2.53. The molecule has 23 heavy (non-hydrogen) atoms. The Morgan fingerprint density at radius 3 is 2.57 bits per heavy atom. The molecule has 0 heterocycles. The van der Waals surface area contributed by atoms with Crippen molar-refractivity contribution in [1.29, 1.82) is 0 Å². The number of carbonyl (C=O) groups is 2. The first-order valence-corrected chi connectivity index (χ1v) is 7.59. The molecule has 0 aromatic heterocycles. The van der Waals surface area contributed by atoms with E-state index in [1.807, 2.05) is 32.0 Å². The van der Waals surface area contributed by atoms with Crippen molar-refractivity contribution in [1.82, 2.24) is 5.32 Å². The van der Waals surface area contributed by atoms with Gasteiger partial charge in [-0.2, -0.15) is 0 Å². The summed E-state index contributed by atoms with van der Waals surface area (Å²) in [6, 6.07) is 12.2. The molecule has 1 N–H and O–H groups in total. The Hall–Kier alpha value is -2.33. The molecule has 0 bridgehead atoms. The van der Waals surface area contributed by atoms with E-state index in [0.717, 1.165) is 11.1 Å². The van der Waals surface area contributed by atoms with Crippen LogP contribution in [0.4, 0.5) is 0 Å². The molecule has 2 aromatic carbocycles. The number of amides is 1. The van der Waals surface area contributed by atoms with Gasteiger partial charge in [0.05, 0.1) is 6.54 Å². The molecule has 4 nitrogen and oxygen atoms in total. The van der Waals surface area contributed by atoms with Crippen LogP contribution in [0, 0.1) is 13.8 Å². The summed E-state index contributed by atoms with van der Waals surface area (Å²) < 4.78 is 5.42. The summed E-state index contributed by atoms with van der Waals surface area (Å²) in [4.78, 5) is 23.7. The normalized spacial score (nSPS) is 10.2. The van der Waals surface area contributed by atoms with E-state index in [0.29, 0.717) is 16.3 Å². The summed E-state index contributed by atoms with van der Waals surface area (Å²) in [5.41, 5.74) is 2.72. The molecule has 0 unspecified atom stereocenters. The summed E-state index contributed by atoms with van der Waals surface area (Å²) in [7, 11) is 0. The van der Waals surface area contributed by atoms with Gasteiger partial charge in [0.2, 0.25) is 0 Å². The van der Waals surface area contributed by atoms with Crippen LogP contribution in [0.1, 0.15) is 21.5 Å². The number of benzene rings is 2. The minimum atomic E-state index is -0.349. The van der Waals surface area contributed by atoms with Gasteiger partial charge in [0.15, 0.2) is 12.4 Å². The molecule has 0 spiro atoms. The van der Waals surface area contributed by atoms with Crippen LogP contribution in [-0.2, 0) is 4.79 Å². The highest BCUT2D eigenvalue weighted by atomic mass is 35.5. The molecule has 0 aliphatic heterocycles. The molecular formula is C18H18ClNO3. The monoisotopic (exact) mass is 331 g/mol. The molecule has 1 amide bonds. The van der Waals surface area contributed by atoms with Gasteiger partial charge >= 0.3 is 0 Å². The highest BCUT2D eigenvalue weighted by Gasteiger charge is 2.09. The SMILES string of the molecule is Cc1ccc(OCC(=O)NCC(=O)c2cccc(Cl)c2)cc1C. The number of ether oxygens (including phenoxy) is 1. The third-order valence-corrected chi connectivity index (χ3v) is 3.68. The topological polar surface area (TPSA) is 55.4 Å². The summed E-state index contributed by atoms with van der Waals surface area (Å²) in [6.07, 6.45) is 0. The Labute approximate surface area is 140 Å². The molecule has 2 rings (SSSR count). The lowest BCUT2D eigenvalue weighted by atomic mass is 10.1. The maximum atomic E-state index is 11.9. The molecule has 0 aliphatic carbocycles. The Morgan fingerprint density at radius 1 is 1.09 bits per heavy atom. The van der Waals surface area contributed by atoms with Gasteiger partial charge in [-0.15, -0.1) is 0 Å². The van der Waals surface area contributed by atoms with Crippen molar-refractivity contribution in [2.45, 2.75) is 13.8 Å². The van der Waals surface area contributed by atoms with Crippen LogP contribution in [-0.4, -0.2) is 24.8 Å². The van der Waals surface area contributed by atoms with E-state index in [1.54, 1.807) is 24.3 Å². The van der Waals surface area contributed by atoms with E-state index in [9.17, 15) is 9.59 Å². The average molecular weight is 332 g/mol. The van der Waals surface area contributed by atoms with Gasteiger partial charge in [0, 0.05) is 10.6 Å². The largest absolute Gasteiger partial charge is 0.484 e. The summed E-state index contributed by atoms with van der Waals surface area (Å²) in [5, 5.41) is 3.03. The van der Waals surface area contributed by atoms with Crippen LogP contribution in [0.5, 0.6) is 5.75 Å². The third kappa shape index (κ3) is 5.11. The highest BCUT2D eigenvalue weighted by Crippen LogP contribution is 2.16. The van der Waals surface area contributed by atoms with Gasteiger partial charge in [-0.05, 0) is 49.2 Å². The quantitative estimate of drug-likeness (QED) is 0.826. The first-order valence-electron chi connectivity index (χ1n) is 7.21. The maximum Gasteiger partial charge on any atom is 0.258 e. The highest BCUT2D eigenvalue weighted by molar-refractivity contribution is 6.31. The number of rotatable bonds is 6. The lowest BCUT2D eigenvalue weighted by molar-refractivity contribution is -0.122. The second kappa shape index (κ2) is 7.79. The standard InChI is InChI=1S/C18H18ClNO3/c1-12-6-7-16(8-13(12)2)23-11-18(22)20-10-17(21)14-4-3-5-15(19)9-14/h3-9H,10-11H2,1-2H3,(H,20,22). The Morgan fingerprint density at radius 2 is 1.87 bits per heavy atom. The summed E-state index contributed by atoms with van der Waals surface area (Å²) in [5.74, 6) is 0.0788. The lowest BCUT2D eigenvalue weighted by Gasteiger charge is -2.09. The van der Waals surface area contributed by atoms with E-state index in [4.69, 9.17) is 16.3 Å². The zero-order valence-corrected chi connectivity index (χ0v) is 13.8. The van der Waals surface area contributed by atoms with Gasteiger partial charge in [-0.3, -0.25) is 9.59 Å². The fraction of sp³-hybridized carbons (Fsp3) is 0.222. The van der Waals surface area contributed by atoms with Gasteiger partial charge in [-0.25, -0.2) is 0 Å². The fourth-order valence-corrected chi connectivity index (χ4v) is 2.14. The van der Waals surface area contributed by atoms with Crippen molar-refractivity contribution in [3.8, 4) is 5.75 Å². The molecule has 0 aliphatic rings. The molecule has 0 radical (unpaired) electrons. The van der Waals surface area contributed by atoms with Gasteiger partial charge < -0.3 is 10.1 Å². The van der Waals surface area contributed by atoms with E-state index >= 15 is 0 Å². The van der Waals surface area contributed by atoms with Crippen molar-refractivity contribution >= 4 is 23.3 Å².